The topological polar surface area (TPSA) is 46.3 Å². The first-order valence-corrected chi connectivity index (χ1v) is 8.22. The Bertz CT molecular complexity index is 290. The molecule has 1 saturated heterocycles. The van der Waals surface area contributed by atoms with Gasteiger partial charge in [-0.3, -0.25) is 4.79 Å². The summed E-state index contributed by atoms with van der Waals surface area (Å²) in [7, 11) is 0. The molecular formula is C16H31ClN2O. The molecule has 1 saturated carbocycles. The zero-order valence-electron chi connectivity index (χ0n) is 12.9. The molecule has 2 fully saturated rings. The van der Waals surface area contributed by atoms with E-state index in [4.69, 9.17) is 5.73 Å². The van der Waals surface area contributed by atoms with Crippen LogP contribution in [0.25, 0.3) is 0 Å². The van der Waals surface area contributed by atoms with Gasteiger partial charge in [-0.1, -0.05) is 32.6 Å². The van der Waals surface area contributed by atoms with Gasteiger partial charge >= 0.3 is 0 Å². The normalized spacial score (nSPS) is 28.6. The number of carbonyl (C=O) groups is 1. The molecule has 20 heavy (non-hydrogen) atoms. The highest BCUT2D eigenvalue weighted by Gasteiger charge is 2.31. The van der Waals surface area contributed by atoms with Gasteiger partial charge in [-0.05, 0) is 37.5 Å². The molecule has 3 nitrogen and oxygen atoms in total. The third-order valence-corrected chi connectivity index (χ3v) is 5.12. The fraction of sp³-hybridized carbons (Fsp3) is 0.938. The fourth-order valence-electron chi connectivity index (χ4n) is 3.85. The van der Waals surface area contributed by atoms with Crippen molar-refractivity contribution in [1.29, 1.82) is 0 Å². The number of hydrogen-bond acceptors (Lipinski definition) is 2. The predicted octanol–water partition coefficient (Wildman–Crippen LogP) is 3.35. The van der Waals surface area contributed by atoms with E-state index in [1.807, 2.05) is 0 Å². The molecule has 1 heterocycles. The maximum atomic E-state index is 12.6. The van der Waals surface area contributed by atoms with E-state index in [9.17, 15) is 4.79 Å². The molecule has 2 aliphatic rings. The van der Waals surface area contributed by atoms with Gasteiger partial charge in [0.05, 0.1) is 0 Å². The second-order valence-corrected chi connectivity index (χ2v) is 6.57. The molecule has 1 aliphatic carbocycles. The van der Waals surface area contributed by atoms with E-state index in [1.165, 1.54) is 44.9 Å². The van der Waals surface area contributed by atoms with Crippen LogP contribution in [0.1, 0.15) is 64.7 Å². The number of likely N-dealkylation sites (tertiary alicyclic amines) is 1. The van der Waals surface area contributed by atoms with E-state index < -0.39 is 0 Å². The Morgan fingerprint density at radius 2 is 1.75 bits per heavy atom. The average Bonchev–Trinajstić information content (AvgIpc) is 2.67. The van der Waals surface area contributed by atoms with Gasteiger partial charge in [0.15, 0.2) is 0 Å². The van der Waals surface area contributed by atoms with Crippen molar-refractivity contribution in [3.63, 3.8) is 0 Å². The SMILES string of the molecule is CC1CCCN(C(=O)CC2CCCCCC2)C1CN.Cl. The smallest absolute Gasteiger partial charge is 0.223 e. The summed E-state index contributed by atoms with van der Waals surface area (Å²) in [6.07, 6.45) is 11.0. The molecule has 2 unspecified atom stereocenters. The first-order chi connectivity index (χ1) is 9.22. The predicted molar refractivity (Wildman–Crippen MR) is 86.0 cm³/mol. The second kappa shape index (κ2) is 8.89. The largest absolute Gasteiger partial charge is 0.338 e. The molecule has 0 bridgehead atoms. The van der Waals surface area contributed by atoms with Crippen LogP contribution in [-0.2, 0) is 4.79 Å². The Kier molecular flexibility index (Phi) is 7.90. The molecular weight excluding hydrogens is 272 g/mol. The van der Waals surface area contributed by atoms with Crippen LogP contribution in [0.4, 0.5) is 0 Å². The first-order valence-electron chi connectivity index (χ1n) is 8.22. The van der Waals surface area contributed by atoms with E-state index >= 15 is 0 Å². The lowest BCUT2D eigenvalue weighted by atomic mass is 9.89. The molecule has 2 rings (SSSR count). The van der Waals surface area contributed by atoms with Gasteiger partial charge in [0.1, 0.15) is 0 Å². The number of amides is 1. The Morgan fingerprint density at radius 3 is 2.35 bits per heavy atom. The standard InChI is InChI=1S/C16H30N2O.ClH/c1-13-7-6-10-18(15(13)12-17)16(19)11-14-8-4-2-3-5-9-14;/h13-15H,2-12,17H2,1H3;1H. The number of halogens is 1. The number of nitrogens with two attached hydrogens (primary N) is 1. The van der Waals surface area contributed by atoms with Crippen molar-refractivity contribution >= 4 is 18.3 Å². The summed E-state index contributed by atoms with van der Waals surface area (Å²) in [5, 5.41) is 0. The first kappa shape index (κ1) is 17.8. The van der Waals surface area contributed by atoms with Gasteiger partial charge in [0.25, 0.3) is 0 Å². The van der Waals surface area contributed by atoms with Gasteiger partial charge in [0.2, 0.25) is 5.91 Å². The monoisotopic (exact) mass is 302 g/mol. The van der Waals surface area contributed by atoms with Crippen molar-refractivity contribution in [2.24, 2.45) is 17.6 Å². The number of carbonyl (C=O) groups excluding carboxylic acids is 1. The quantitative estimate of drug-likeness (QED) is 0.813. The Morgan fingerprint density at radius 1 is 1.10 bits per heavy atom. The molecule has 4 heteroatoms. The van der Waals surface area contributed by atoms with Crippen molar-refractivity contribution in [1.82, 2.24) is 4.90 Å². The Labute approximate surface area is 130 Å². The zero-order valence-corrected chi connectivity index (χ0v) is 13.7. The Balaban J connectivity index is 0.00000200. The van der Waals surface area contributed by atoms with Crippen LogP contribution in [0.3, 0.4) is 0 Å². The molecule has 0 spiro atoms. The maximum Gasteiger partial charge on any atom is 0.223 e. The van der Waals surface area contributed by atoms with Crippen LogP contribution in [0.2, 0.25) is 0 Å². The van der Waals surface area contributed by atoms with Crippen LogP contribution < -0.4 is 5.73 Å². The lowest BCUT2D eigenvalue weighted by Gasteiger charge is -2.40. The van der Waals surface area contributed by atoms with Crippen LogP contribution in [0.15, 0.2) is 0 Å². The number of rotatable bonds is 3. The van der Waals surface area contributed by atoms with Gasteiger partial charge in [-0.25, -0.2) is 0 Å². The molecule has 1 aliphatic heterocycles. The Hall–Kier alpha value is -0.280. The average molecular weight is 303 g/mol. The highest BCUT2D eigenvalue weighted by atomic mass is 35.5. The van der Waals surface area contributed by atoms with E-state index in [-0.39, 0.29) is 18.4 Å². The summed E-state index contributed by atoms with van der Waals surface area (Å²) in [4.78, 5) is 14.7. The highest BCUT2D eigenvalue weighted by molar-refractivity contribution is 5.85. The maximum absolute atomic E-state index is 12.6. The highest BCUT2D eigenvalue weighted by Crippen LogP contribution is 2.28. The third-order valence-electron chi connectivity index (χ3n) is 5.12. The van der Waals surface area contributed by atoms with E-state index in [1.54, 1.807) is 0 Å². The van der Waals surface area contributed by atoms with Crippen molar-refractivity contribution in [3.8, 4) is 0 Å². The fourth-order valence-corrected chi connectivity index (χ4v) is 3.85. The van der Waals surface area contributed by atoms with Gasteiger partial charge in [-0.2, -0.15) is 0 Å². The molecule has 0 aromatic rings. The van der Waals surface area contributed by atoms with Gasteiger partial charge < -0.3 is 10.6 Å². The van der Waals surface area contributed by atoms with Crippen molar-refractivity contribution in [3.05, 3.63) is 0 Å². The van der Waals surface area contributed by atoms with Crippen LogP contribution in [0.5, 0.6) is 0 Å². The minimum Gasteiger partial charge on any atom is -0.338 e. The molecule has 0 aromatic heterocycles. The van der Waals surface area contributed by atoms with Crippen LogP contribution >= 0.6 is 12.4 Å². The minimum atomic E-state index is 0. The van der Waals surface area contributed by atoms with Crippen molar-refractivity contribution in [2.45, 2.75) is 70.8 Å². The molecule has 118 valence electrons. The molecule has 0 aromatic carbocycles. The third kappa shape index (κ3) is 4.63. The van der Waals surface area contributed by atoms with E-state index in [0.29, 0.717) is 24.3 Å². The van der Waals surface area contributed by atoms with Crippen molar-refractivity contribution in [2.75, 3.05) is 13.1 Å². The van der Waals surface area contributed by atoms with Crippen LogP contribution in [-0.4, -0.2) is 29.9 Å². The van der Waals surface area contributed by atoms with Gasteiger partial charge in [0, 0.05) is 25.6 Å². The second-order valence-electron chi connectivity index (χ2n) is 6.57. The molecule has 1 amide bonds. The lowest BCUT2D eigenvalue weighted by Crippen LogP contribution is -2.51. The summed E-state index contributed by atoms with van der Waals surface area (Å²) < 4.78 is 0. The number of hydrogen-bond donors (Lipinski definition) is 1. The van der Waals surface area contributed by atoms with Gasteiger partial charge in [-0.15, -0.1) is 12.4 Å². The lowest BCUT2D eigenvalue weighted by molar-refractivity contribution is -0.137. The number of nitrogens with zero attached hydrogens (tertiary/aromatic N) is 1. The van der Waals surface area contributed by atoms with Crippen molar-refractivity contribution < 1.29 is 4.79 Å². The summed E-state index contributed by atoms with van der Waals surface area (Å²) in [5.74, 6) is 1.57. The minimum absolute atomic E-state index is 0. The zero-order chi connectivity index (χ0) is 13.7. The summed E-state index contributed by atoms with van der Waals surface area (Å²) in [6, 6.07) is 0.284. The molecule has 2 N–H and O–H groups in total. The summed E-state index contributed by atoms with van der Waals surface area (Å²) in [5.41, 5.74) is 5.89. The molecule has 2 atom stereocenters. The summed E-state index contributed by atoms with van der Waals surface area (Å²) in [6.45, 7) is 3.79. The summed E-state index contributed by atoms with van der Waals surface area (Å²) >= 11 is 0. The van der Waals surface area contributed by atoms with E-state index in [0.717, 1.165) is 19.4 Å². The van der Waals surface area contributed by atoms with Crippen LogP contribution in [0, 0.1) is 11.8 Å². The molecule has 0 radical (unpaired) electrons. The van der Waals surface area contributed by atoms with E-state index in [2.05, 4.69) is 11.8 Å². The number of piperidine rings is 1.